The topological polar surface area (TPSA) is 122 Å². The van der Waals surface area contributed by atoms with Crippen LogP contribution in [0, 0.1) is 0 Å². The number of fused-ring (bicyclic) bond motifs is 1. The second-order valence-corrected chi connectivity index (χ2v) is 5.84. The van der Waals surface area contributed by atoms with Gasteiger partial charge in [-0.2, -0.15) is 0 Å². The van der Waals surface area contributed by atoms with E-state index in [1.54, 1.807) is 12.1 Å². The number of nitrogens with zero attached hydrogens (tertiary/aromatic N) is 1. The van der Waals surface area contributed by atoms with Crippen LogP contribution in [0.3, 0.4) is 0 Å². The highest BCUT2D eigenvalue weighted by Gasteiger charge is 2.52. The quantitative estimate of drug-likeness (QED) is 0.537. The summed E-state index contributed by atoms with van der Waals surface area (Å²) in [5.74, 6) is -2.09. The Balaban J connectivity index is 1.93. The number of benzene rings is 1. The zero-order valence-electron chi connectivity index (χ0n) is 12.5. The molecule has 8 nitrogen and oxygen atoms in total. The Morgan fingerprint density at radius 2 is 2.22 bits per heavy atom. The number of nitrogen functional groups attached to an aromatic ring is 1. The predicted octanol–water partition coefficient (Wildman–Crippen LogP) is 0.434. The van der Waals surface area contributed by atoms with Crippen LogP contribution in [0.2, 0.25) is 0 Å². The summed E-state index contributed by atoms with van der Waals surface area (Å²) in [7, 11) is 0. The minimum absolute atomic E-state index is 0.284. The van der Waals surface area contributed by atoms with E-state index in [1.165, 1.54) is 17.9 Å². The number of hydrogen-bond donors (Lipinski definition) is 3. The molecule has 4 N–H and O–H groups in total. The number of anilines is 2. The second-order valence-electron chi connectivity index (χ2n) is 5.84. The Hall–Kier alpha value is -2.77. The molecular weight excluding hydrogens is 302 g/mol. The van der Waals surface area contributed by atoms with Gasteiger partial charge in [-0.25, -0.2) is 4.79 Å². The van der Waals surface area contributed by atoms with Gasteiger partial charge in [0.1, 0.15) is 11.8 Å². The number of likely N-dealkylation sites (tertiary alicyclic amines) is 1. The van der Waals surface area contributed by atoms with Crippen LogP contribution in [-0.2, 0) is 14.4 Å². The molecule has 2 aliphatic rings. The Morgan fingerprint density at radius 1 is 1.48 bits per heavy atom. The number of rotatable bonds is 2. The number of hydrogen-bond acceptors (Lipinski definition) is 5. The molecule has 2 aliphatic heterocycles. The summed E-state index contributed by atoms with van der Waals surface area (Å²) in [6.07, 6.45) is 0.937. The van der Waals surface area contributed by atoms with E-state index in [1.807, 2.05) is 0 Å². The molecular formula is C15H17N3O5. The van der Waals surface area contributed by atoms with Gasteiger partial charge in [0, 0.05) is 18.3 Å². The number of nitrogens with two attached hydrogens (primary N) is 1. The highest BCUT2D eigenvalue weighted by Crippen LogP contribution is 2.36. The lowest BCUT2D eigenvalue weighted by atomic mass is 10.00. The van der Waals surface area contributed by atoms with E-state index >= 15 is 0 Å². The molecule has 0 bridgehead atoms. The average molecular weight is 319 g/mol. The van der Waals surface area contributed by atoms with Crippen LogP contribution < -0.4 is 15.8 Å². The lowest BCUT2D eigenvalue weighted by Gasteiger charge is -2.36. The Morgan fingerprint density at radius 3 is 2.91 bits per heavy atom. The SMILES string of the molecule is C[C@]1(C(=O)N2CCC[C@H]2C(=O)O)Oc2cc(N)ccc2NC1=O. The zero-order chi connectivity index (χ0) is 16.8. The maximum absolute atomic E-state index is 12.8. The monoisotopic (exact) mass is 319 g/mol. The summed E-state index contributed by atoms with van der Waals surface area (Å²) in [5, 5.41) is 11.8. The number of aliphatic carboxylic acids is 1. The van der Waals surface area contributed by atoms with Gasteiger partial charge in [0.05, 0.1) is 5.69 Å². The Labute approximate surface area is 132 Å². The lowest BCUT2D eigenvalue weighted by molar-refractivity contribution is -0.160. The van der Waals surface area contributed by atoms with E-state index in [4.69, 9.17) is 10.5 Å². The van der Waals surface area contributed by atoms with Crippen molar-refractivity contribution in [2.24, 2.45) is 0 Å². The molecule has 2 heterocycles. The lowest BCUT2D eigenvalue weighted by Crippen LogP contribution is -2.61. The molecule has 8 heteroatoms. The van der Waals surface area contributed by atoms with Crippen molar-refractivity contribution >= 4 is 29.2 Å². The molecule has 2 amide bonds. The third-order valence-electron chi connectivity index (χ3n) is 4.21. The van der Waals surface area contributed by atoms with E-state index in [0.29, 0.717) is 24.2 Å². The minimum Gasteiger partial charge on any atom is -0.480 e. The van der Waals surface area contributed by atoms with Crippen molar-refractivity contribution in [3.05, 3.63) is 18.2 Å². The smallest absolute Gasteiger partial charge is 0.326 e. The van der Waals surface area contributed by atoms with Gasteiger partial charge >= 0.3 is 5.97 Å². The van der Waals surface area contributed by atoms with Gasteiger partial charge in [-0.15, -0.1) is 0 Å². The summed E-state index contributed by atoms with van der Waals surface area (Å²) < 4.78 is 5.64. The molecule has 0 unspecified atom stereocenters. The van der Waals surface area contributed by atoms with Gasteiger partial charge in [-0.3, -0.25) is 9.59 Å². The van der Waals surface area contributed by atoms with Crippen molar-refractivity contribution in [3.63, 3.8) is 0 Å². The van der Waals surface area contributed by atoms with E-state index < -0.39 is 29.4 Å². The number of carboxylic acids is 1. The molecule has 1 aromatic carbocycles. The van der Waals surface area contributed by atoms with Crippen LogP contribution >= 0.6 is 0 Å². The molecule has 0 aliphatic carbocycles. The van der Waals surface area contributed by atoms with E-state index in [-0.39, 0.29) is 12.3 Å². The Kier molecular flexibility index (Phi) is 3.39. The highest BCUT2D eigenvalue weighted by molar-refractivity contribution is 6.16. The Bertz CT molecular complexity index is 704. The first-order valence-corrected chi connectivity index (χ1v) is 7.27. The van der Waals surface area contributed by atoms with Crippen LogP contribution in [-0.4, -0.2) is 46.0 Å². The number of carbonyl (C=O) groups excluding carboxylic acids is 2. The number of carbonyl (C=O) groups is 3. The van der Waals surface area contributed by atoms with Crippen molar-refractivity contribution in [1.82, 2.24) is 4.90 Å². The molecule has 0 spiro atoms. The van der Waals surface area contributed by atoms with Crippen molar-refractivity contribution in [2.75, 3.05) is 17.6 Å². The molecule has 3 rings (SSSR count). The third-order valence-corrected chi connectivity index (χ3v) is 4.21. The van der Waals surface area contributed by atoms with Crippen molar-refractivity contribution in [3.8, 4) is 5.75 Å². The fourth-order valence-corrected chi connectivity index (χ4v) is 2.92. The van der Waals surface area contributed by atoms with Gasteiger partial charge in [0.15, 0.2) is 0 Å². The van der Waals surface area contributed by atoms with Crippen LogP contribution in [0.1, 0.15) is 19.8 Å². The van der Waals surface area contributed by atoms with Gasteiger partial charge in [0.2, 0.25) is 0 Å². The molecule has 1 fully saturated rings. The maximum Gasteiger partial charge on any atom is 0.326 e. The van der Waals surface area contributed by atoms with Crippen molar-refractivity contribution in [1.29, 1.82) is 0 Å². The van der Waals surface area contributed by atoms with Crippen LogP contribution in [0.15, 0.2) is 18.2 Å². The number of amides is 2. The molecule has 0 aromatic heterocycles. The zero-order valence-corrected chi connectivity index (χ0v) is 12.5. The highest BCUT2D eigenvalue weighted by atomic mass is 16.5. The van der Waals surface area contributed by atoms with E-state index in [9.17, 15) is 19.5 Å². The number of nitrogens with one attached hydrogen (secondary N) is 1. The molecule has 122 valence electrons. The molecule has 0 radical (unpaired) electrons. The fraction of sp³-hybridized carbons (Fsp3) is 0.400. The van der Waals surface area contributed by atoms with E-state index in [2.05, 4.69) is 5.32 Å². The first-order chi connectivity index (χ1) is 10.8. The van der Waals surface area contributed by atoms with Crippen LogP contribution in [0.5, 0.6) is 5.75 Å². The molecule has 2 atom stereocenters. The van der Waals surface area contributed by atoms with Gasteiger partial charge in [-0.05, 0) is 31.9 Å². The maximum atomic E-state index is 12.8. The van der Waals surface area contributed by atoms with Crippen molar-refractivity contribution < 1.29 is 24.2 Å². The average Bonchev–Trinajstić information content (AvgIpc) is 2.97. The number of carboxylic acid groups (broad SMARTS) is 1. The fourth-order valence-electron chi connectivity index (χ4n) is 2.92. The van der Waals surface area contributed by atoms with Gasteiger partial charge in [0.25, 0.3) is 17.4 Å². The minimum atomic E-state index is -1.82. The summed E-state index contributed by atoms with van der Waals surface area (Å²) in [5.41, 5.74) is 4.73. The largest absolute Gasteiger partial charge is 0.480 e. The van der Waals surface area contributed by atoms with Gasteiger partial charge < -0.3 is 25.8 Å². The summed E-state index contributed by atoms with van der Waals surface area (Å²) in [4.78, 5) is 37.6. The molecule has 23 heavy (non-hydrogen) atoms. The molecule has 0 saturated carbocycles. The second kappa shape index (κ2) is 5.15. The molecule has 1 aromatic rings. The standard InChI is InChI=1S/C15H17N3O5/c1-15(14(22)18-6-2-3-10(18)12(19)20)13(21)17-9-5-4-8(16)7-11(9)23-15/h4-5,7,10H,2-3,6,16H2,1H3,(H,17,21)(H,19,20)/t10-,15-/m0/s1. The summed E-state index contributed by atoms with van der Waals surface area (Å²) in [6.45, 7) is 1.62. The van der Waals surface area contributed by atoms with Crippen LogP contribution in [0.25, 0.3) is 0 Å². The van der Waals surface area contributed by atoms with E-state index in [0.717, 1.165) is 0 Å². The third kappa shape index (κ3) is 2.36. The first kappa shape index (κ1) is 15.1. The van der Waals surface area contributed by atoms with Gasteiger partial charge in [-0.1, -0.05) is 0 Å². The molecule has 1 saturated heterocycles. The first-order valence-electron chi connectivity index (χ1n) is 7.27. The summed E-state index contributed by atoms with van der Waals surface area (Å²) >= 11 is 0. The number of ether oxygens (including phenoxy) is 1. The predicted molar refractivity (Wildman–Crippen MR) is 80.9 cm³/mol. The van der Waals surface area contributed by atoms with Crippen LogP contribution in [0.4, 0.5) is 11.4 Å². The van der Waals surface area contributed by atoms with Crippen molar-refractivity contribution in [2.45, 2.75) is 31.4 Å². The normalized spacial score (nSPS) is 26.2. The summed E-state index contributed by atoms with van der Waals surface area (Å²) in [6, 6.07) is 3.77.